The molecule has 6 heteroatoms. The molecule has 3 atom stereocenters. The average molecular weight is 498 g/mol. The summed E-state index contributed by atoms with van der Waals surface area (Å²) in [6, 6.07) is 12.1. The number of methoxy groups -OCH3 is 1. The van der Waals surface area contributed by atoms with E-state index in [2.05, 4.69) is 19.1 Å². The first-order chi connectivity index (χ1) is 15.4. The van der Waals surface area contributed by atoms with E-state index < -0.39 is 10.4 Å². The van der Waals surface area contributed by atoms with Gasteiger partial charge in [-0.05, 0) is 67.7 Å². The summed E-state index contributed by atoms with van der Waals surface area (Å²) < 4.78 is 4.04. The van der Waals surface area contributed by atoms with E-state index in [0.717, 1.165) is 68.9 Å². The number of unbranched alkanes of at least 4 members (excludes halogenated alkanes) is 2. The highest BCUT2D eigenvalue weighted by Gasteiger charge is 2.46. The van der Waals surface area contributed by atoms with Gasteiger partial charge < -0.3 is 9.84 Å². The summed E-state index contributed by atoms with van der Waals surface area (Å²) in [5.74, 6) is 0.238. The third-order valence-corrected chi connectivity index (χ3v) is 8.56. The minimum absolute atomic E-state index is 0.0890. The zero-order valence-corrected chi connectivity index (χ0v) is 21.3. The fourth-order valence-electron chi connectivity index (χ4n) is 4.81. The van der Waals surface area contributed by atoms with Gasteiger partial charge in [0, 0.05) is 10.8 Å². The fourth-order valence-corrected chi connectivity index (χ4v) is 6.61. The van der Waals surface area contributed by atoms with Crippen molar-refractivity contribution in [3.05, 3.63) is 57.3 Å². The van der Waals surface area contributed by atoms with Crippen molar-refractivity contribution < 1.29 is 14.6 Å². The highest BCUT2D eigenvalue weighted by atomic mass is 35.5. The van der Waals surface area contributed by atoms with E-state index in [1.807, 2.05) is 24.3 Å². The van der Waals surface area contributed by atoms with Gasteiger partial charge in [0.2, 0.25) is 0 Å². The number of alkyl halides is 2. The number of hydrogen-bond donors (Lipinski definition) is 1. The molecular weight excluding hydrogens is 463 g/mol. The average Bonchev–Trinajstić information content (AvgIpc) is 3.37. The van der Waals surface area contributed by atoms with E-state index in [4.69, 9.17) is 27.9 Å². The molecule has 1 aromatic carbocycles. The molecule has 0 aliphatic heterocycles. The van der Waals surface area contributed by atoms with Gasteiger partial charge in [-0.1, -0.05) is 50.5 Å². The predicted molar refractivity (Wildman–Crippen MR) is 134 cm³/mol. The summed E-state index contributed by atoms with van der Waals surface area (Å²) in [5, 5.41) is 10.5. The van der Waals surface area contributed by atoms with Gasteiger partial charge in [0.15, 0.2) is 0 Å². The van der Waals surface area contributed by atoms with Gasteiger partial charge in [0.25, 0.3) is 0 Å². The van der Waals surface area contributed by atoms with Crippen LogP contribution >= 0.6 is 34.5 Å². The monoisotopic (exact) mass is 496 g/mol. The Morgan fingerprint density at radius 3 is 2.62 bits per heavy atom. The van der Waals surface area contributed by atoms with Gasteiger partial charge in [0.05, 0.1) is 13.2 Å². The van der Waals surface area contributed by atoms with Gasteiger partial charge in [0.1, 0.15) is 9.21 Å². The normalized spacial score (nSPS) is 20.9. The molecule has 1 saturated carbocycles. The van der Waals surface area contributed by atoms with Gasteiger partial charge in [-0.2, -0.15) is 0 Å². The maximum Gasteiger partial charge on any atom is 0.348 e. The van der Waals surface area contributed by atoms with Gasteiger partial charge in [-0.15, -0.1) is 34.5 Å². The van der Waals surface area contributed by atoms with Crippen LogP contribution in [0.1, 0.15) is 96.0 Å². The van der Waals surface area contributed by atoms with Crippen molar-refractivity contribution in [1.82, 2.24) is 0 Å². The van der Waals surface area contributed by atoms with Crippen molar-refractivity contribution in [3.63, 3.8) is 0 Å². The molecule has 0 radical (unpaired) electrons. The lowest BCUT2D eigenvalue weighted by Crippen LogP contribution is -2.21. The number of hydrogen-bond acceptors (Lipinski definition) is 4. The Balaban J connectivity index is 1.60. The summed E-state index contributed by atoms with van der Waals surface area (Å²) in [5.41, 5.74) is 2.12. The third-order valence-electron chi connectivity index (χ3n) is 6.58. The number of ether oxygens (including phenoxy) is 1. The van der Waals surface area contributed by atoms with E-state index in [9.17, 15) is 9.90 Å². The highest BCUT2D eigenvalue weighted by molar-refractivity contribution is 7.13. The number of carbonyl (C=O) groups excluding carboxylic acids is 1. The highest BCUT2D eigenvalue weighted by Crippen LogP contribution is 2.55. The topological polar surface area (TPSA) is 46.5 Å². The fraction of sp³-hybridized carbons (Fsp3) is 0.577. The molecule has 1 aliphatic rings. The minimum atomic E-state index is -0.757. The van der Waals surface area contributed by atoms with Crippen LogP contribution in [-0.4, -0.2) is 22.5 Å². The van der Waals surface area contributed by atoms with Crippen LogP contribution in [0.5, 0.6) is 0 Å². The van der Waals surface area contributed by atoms with Gasteiger partial charge >= 0.3 is 5.97 Å². The van der Waals surface area contributed by atoms with Gasteiger partial charge in [-0.25, -0.2) is 4.79 Å². The quantitative estimate of drug-likeness (QED) is 0.195. The zero-order chi connectivity index (χ0) is 23.1. The second kappa shape index (κ2) is 11.9. The Labute approximate surface area is 206 Å². The summed E-state index contributed by atoms with van der Waals surface area (Å²) in [6.07, 6.45) is 8.54. The Bertz CT molecular complexity index is 862. The molecule has 176 valence electrons. The van der Waals surface area contributed by atoms with E-state index in [1.165, 1.54) is 23.3 Å². The predicted octanol–water partition coefficient (Wildman–Crippen LogP) is 7.84. The van der Waals surface area contributed by atoms with Crippen molar-refractivity contribution in [2.75, 3.05) is 7.11 Å². The van der Waals surface area contributed by atoms with Crippen LogP contribution in [-0.2, 0) is 11.2 Å². The van der Waals surface area contributed by atoms with Crippen molar-refractivity contribution in [3.8, 4) is 0 Å². The maximum atomic E-state index is 11.7. The number of halogens is 2. The maximum absolute atomic E-state index is 11.7. The molecule has 32 heavy (non-hydrogen) atoms. The number of aryl methyl sites for hydroxylation is 1. The standard InChI is InChI=1S/C26H34Cl2O3S/c1-3-4-5-9-22(29)18-10-12-20(13-11-18)24-19(16-17-26(24,27)28)7-6-8-21-14-15-23(32-21)25(30)31-2/h10-15,19,22,24,29H,3-9,16-17H2,1-2H3/t19-,22?,24-/m0/s1. The molecule has 1 fully saturated rings. The third kappa shape index (κ3) is 6.50. The Morgan fingerprint density at radius 1 is 1.19 bits per heavy atom. The number of rotatable bonds is 11. The van der Waals surface area contributed by atoms with Crippen LogP contribution in [0.15, 0.2) is 36.4 Å². The number of aliphatic hydroxyl groups is 1. The van der Waals surface area contributed by atoms with Crippen LogP contribution < -0.4 is 0 Å². The number of thiophene rings is 1. The SMILES string of the molecule is CCCCCC(O)c1ccc([C@@H]2[C@@H](CCCc3ccc(C(=O)OC)s3)CCC2(Cl)Cl)cc1. The second-order valence-electron chi connectivity index (χ2n) is 8.87. The van der Waals surface area contributed by atoms with Crippen LogP contribution in [0.2, 0.25) is 0 Å². The smallest absolute Gasteiger partial charge is 0.348 e. The Kier molecular flexibility index (Phi) is 9.48. The molecule has 0 spiro atoms. The first-order valence-corrected chi connectivity index (χ1v) is 13.3. The molecule has 0 saturated heterocycles. The lowest BCUT2D eigenvalue weighted by molar-refractivity contribution is 0.0606. The molecule has 1 aromatic heterocycles. The largest absolute Gasteiger partial charge is 0.465 e. The van der Waals surface area contributed by atoms with E-state index in [0.29, 0.717) is 10.8 Å². The summed E-state index contributed by atoms with van der Waals surface area (Å²) in [7, 11) is 1.41. The Hall–Kier alpha value is -1.07. The number of esters is 1. The second-order valence-corrected chi connectivity index (χ2v) is 11.6. The first kappa shape index (κ1) is 25.6. The van der Waals surface area contributed by atoms with Crippen LogP contribution in [0, 0.1) is 5.92 Å². The van der Waals surface area contributed by atoms with E-state index in [-0.39, 0.29) is 11.9 Å². The Morgan fingerprint density at radius 2 is 1.94 bits per heavy atom. The lowest BCUT2D eigenvalue weighted by atomic mass is 9.84. The molecule has 1 heterocycles. The molecule has 0 amide bonds. The van der Waals surface area contributed by atoms with Crippen LogP contribution in [0.25, 0.3) is 0 Å². The zero-order valence-electron chi connectivity index (χ0n) is 19.0. The van der Waals surface area contributed by atoms with Crippen molar-refractivity contribution in [2.24, 2.45) is 5.92 Å². The molecule has 1 unspecified atom stereocenters. The van der Waals surface area contributed by atoms with Crippen molar-refractivity contribution in [1.29, 1.82) is 0 Å². The lowest BCUT2D eigenvalue weighted by Gasteiger charge is -2.28. The van der Waals surface area contributed by atoms with Crippen molar-refractivity contribution in [2.45, 2.75) is 81.1 Å². The van der Waals surface area contributed by atoms with Crippen molar-refractivity contribution >= 4 is 40.5 Å². The summed E-state index contributed by atoms with van der Waals surface area (Å²) in [6.45, 7) is 2.17. The van der Waals surface area contributed by atoms with Crippen LogP contribution in [0.4, 0.5) is 0 Å². The molecule has 0 bridgehead atoms. The van der Waals surface area contributed by atoms with E-state index >= 15 is 0 Å². The molecule has 1 N–H and O–H groups in total. The molecular formula is C26H34Cl2O3S. The minimum Gasteiger partial charge on any atom is -0.465 e. The van der Waals surface area contributed by atoms with E-state index in [1.54, 1.807) is 0 Å². The molecule has 3 rings (SSSR count). The summed E-state index contributed by atoms with van der Waals surface area (Å²) >= 11 is 15.0. The molecule has 1 aliphatic carbocycles. The molecule has 3 nitrogen and oxygen atoms in total. The summed E-state index contributed by atoms with van der Waals surface area (Å²) in [4.78, 5) is 13.5. The molecule has 2 aromatic rings. The number of aliphatic hydroxyl groups excluding tert-OH is 1. The number of benzene rings is 1. The van der Waals surface area contributed by atoms with Crippen LogP contribution in [0.3, 0.4) is 0 Å². The number of carbonyl (C=O) groups is 1. The van der Waals surface area contributed by atoms with Gasteiger partial charge in [-0.3, -0.25) is 0 Å². The first-order valence-electron chi connectivity index (χ1n) is 11.7.